The van der Waals surface area contributed by atoms with E-state index in [-0.39, 0.29) is 5.56 Å². The Morgan fingerprint density at radius 2 is 1.71 bits per heavy atom. The summed E-state index contributed by atoms with van der Waals surface area (Å²) in [6, 6.07) is 11.6. The molecule has 2 aromatic carbocycles. The lowest BCUT2D eigenvalue weighted by Gasteiger charge is -2.09. The van der Waals surface area contributed by atoms with E-state index in [2.05, 4.69) is 5.32 Å². The maximum atomic E-state index is 12.0. The second kappa shape index (κ2) is 8.57. The predicted molar refractivity (Wildman–Crippen MR) is 91.6 cm³/mol. The number of carbonyl (C=O) groups is 2. The van der Waals surface area contributed by atoms with Crippen LogP contribution in [0.25, 0.3) is 0 Å². The number of methoxy groups -OCH3 is 1. The second-order valence-corrected chi connectivity index (χ2v) is 5.70. The Hall–Kier alpha value is -2.24. The number of esters is 1. The quantitative estimate of drug-likeness (QED) is 0.793. The second-order valence-electron chi connectivity index (χ2n) is 4.82. The molecular weight excluding hydrogens is 353 g/mol. The number of rotatable bonds is 6. The first-order chi connectivity index (χ1) is 11.5. The molecule has 1 N–H and O–H groups in total. The minimum absolute atomic E-state index is 0.163. The van der Waals surface area contributed by atoms with Gasteiger partial charge in [0, 0.05) is 16.6 Å². The zero-order valence-electron chi connectivity index (χ0n) is 12.8. The van der Waals surface area contributed by atoms with Crippen LogP contribution in [0.15, 0.2) is 42.5 Å². The third kappa shape index (κ3) is 5.15. The van der Waals surface area contributed by atoms with Crippen LogP contribution in [0.1, 0.15) is 15.9 Å². The van der Waals surface area contributed by atoms with Crippen molar-refractivity contribution in [1.29, 1.82) is 0 Å². The van der Waals surface area contributed by atoms with Gasteiger partial charge in [-0.25, -0.2) is 4.79 Å². The van der Waals surface area contributed by atoms with E-state index in [0.717, 1.165) is 5.56 Å². The Labute approximate surface area is 149 Å². The van der Waals surface area contributed by atoms with Gasteiger partial charge < -0.3 is 14.8 Å². The van der Waals surface area contributed by atoms with E-state index < -0.39 is 18.5 Å². The van der Waals surface area contributed by atoms with Crippen molar-refractivity contribution < 1.29 is 19.1 Å². The minimum Gasteiger partial charge on any atom is -0.496 e. The summed E-state index contributed by atoms with van der Waals surface area (Å²) in [6.45, 7) is -0.0872. The van der Waals surface area contributed by atoms with Crippen LogP contribution in [-0.4, -0.2) is 25.6 Å². The van der Waals surface area contributed by atoms with Gasteiger partial charge in [-0.3, -0.25) is 4.79 Å². The van der Waals surface area contributed by atoms with Crippen LogP contribution in [0, 0.1) is 0 Å². The number of carbonyl (C=O) groups excluding carboxylic acids is 2. The lowest BCUT2D eigenvalue weighted by Crippen LogP contribution is -2.28. The fourth-order valence-electron chi connectivity index (χ4n) is 1.90. The summed E-state index contributed by atoms with van der Waals surface area (Å²) in [7, 11) is 1.43. The Bertz CT molecular complexity index is 732. The highest BCUT2D eigenvalue weighted by molar-refractivity contribution is 6.31. The summed E-state index contributed by atoms with van der Waals surface area (Å²) in [5.41, 5.74) is 1.05. The van der Waals surface area contributed by atoms with Crippen LogP contribution < -0.4 is 10.1 Å². The van der Waals surface area contributed by atoms with E-state index in [9.17, 15) is 9.59 Å². The molecule has 0 aliphatic heterocycles. The maximum absolute atomic E-state index is 12.0. The van der Waals surface area contributed by atoms with Crippen molar-refractivity contribution in [1.82, 2.24) is 5.32 Å². The monoisotopic (exact) mass is 367 g/mol. The number of ether oxygens (including phenoxy) is 2. The first kappa shape index (κ1) is 18.1. The molecular formula is C17H15Cl2NO4. The molecule has 2 aromatic rings. The SMILES string of the molecule is COc1ccc(Cl)cc1C(=O)OCC(=O)NCc1ccc(Cl)cc1. The van der Waals surface area contributed by atoms with Crippen LogP contribution in [0.5, 0.6) is 5.75 Å². The molecule has 1 amide bonds. The van der Waals surface area contributed by atoms with E-state index in [4.69, 9.17) is 32.7 Å². The van der Waals surface area contributed by atoms with Gasteiger partial charge >= 0.3 is 5.97 Å². The Balaban J connectivity index is 1.86. The number of amides is 1. The number of hydrogen-bond acceptors (Lipinski definition) is 4. The Morgan fingerprint density at radius 1 is 1.04 bits per heavy atom. The highest BCUT2D eigenvalue weighted by atomic mass is 35.5. The molecule has 0 aromatic heterocycles. The molecule has 0 spiro atoms. The number of halogens is 2. The summed E-state index contributed by atoms with van der Waals surface area (Å²) >= 11 is 11.6. The normalized spacial score (nSPS) is 10.1. The van der Waals surface area contributed by atoms with Gasteiger partial charge in [0.15, 0.2) is 6.61 Å². The van der Waals surface area contributed by atoms with Crippen LogP contribution in [0.2, 0.25) is 10.0 Å². The van der Waals surface area contributed by atoms with E-state index in [1.165, 1.54) is 13.2 Å². The molecule has 0 unspecified atom stereocenters. The van der Waals surface area contributed by atoms with E-state index >= 15 is 0 Å². The fourth-order valence-corrected chi connectivity index (χ4v) is 2.20. The van der Waals surface area contributed by atoms with Crippen molar-refractivity contribution in [3.63, 3.8) is 0 Å². The van der Waals surface area contributed by atoms with E-state index in [0.29, 0.717) is 22.3 Å². The Morgan fingerprint density at radius 3 is 2.38 bits per heavy atom. The molecule has 7 heteroatoms. The van der Waals surface area contributed by atoms with Crippen molar-refractivity contribution in [2.24, 2.45) is 0 Å². The molecule has 0 atom stereocenters. The van der Waals surface area contributed by atoms with Crippen LogP contribution in [0.3, 0.4) is 0 Å². The molecule has 0 heterocycles. The molecule has 0 bridgehead atoms. The van der Waals surface area contributed by atoms with Gasteiger partial charge in [-0.05, 0) is 35.9 Å². The van der Waals surface area contributed by atoms with Crippen molar-refractivity contribution in [2.75, 3.05) is 13.7 Å². The lowest BCUT2D eigenvalue weighted by molar-refractivity contribution is -0.124. The summed E-state index contributed by atoms with van der Waals surface area (Å²) in [5.74, 6) is -0.777. The molecule has 0 saturated carbocycles. The van der Waals surface area contributed by atoms with Crippen LogP contribution in [-0.2, 0) is 16.1 Å². The zero-order chi connectivity index (χ0) is 17.5. The molecule has 126 valence electrons. The first-order valence-corrected chi connectivity index (χ1v) is 7.77. The molecule has 0 radical (unpaired) electrons. The topological polar surface area (TPSA) is 64.6 Å². The van der Waals surface area contributed by atoms with E-state index in [1.54, 1.807) is 36.4 Å². The minimum atomic E-state index is -0.684. The highest BCUT2D eigenvalue weighted by Crippen LogP contribution is 2.23. The molecule has 5 nitrogen and oxygen atoms in total. The average molecular weight is 368 g/mol. The van der Waals surface area contributed by atoms with Crippen molar-refractivity contribution in [3.05, 3.63) is 63.6 Å². The smallest absolute Gasteiger partial charge is 0.342 e. The predicted octanol–water partition coefficient (Wildman–Crippen LogP) is 3.48. The van der Waals surface area contributed by atoms with Gasteiger partial charge in [-0.1, -0.05) is 35.3 Å². The summed E-state index contributed by atoms with van der Waals surface area (Å²) in [4.78, 5) is 23.8. The van der Waals surface area contributed by atoms with Crippen LogP contribution >= 0.6 is 23.2 Å². The first-order valence-electron chi connectivity index (χ1n) is 7.01. The molecule has 0 saturated heterocycles. The lowest BCUT2D eigenvalue weighted by atomic mass is 10.2. The summed E-state index contributed by atoms with van der Waals surface area (Å²) < 4.78 is 10.1. The van der Waals surface area contributed by atoms with Gasteiger partial charge in [-0.2, -0.15) is 0 Å². The molecule has 24 heavy (non-hydrogen) atoms. The Kier molecular flexibility index (Phi) is 6.46. The molecule has 2 rings (SSSR count). The highest BCUT2D eigenvalue weighted by Gasteiger charge is 2.15. The van der Waals surface area contributed by atoms with Gasteiger partial charge in [-0.15, -0.1) is 0 Å². The third-order valence-corrected chi connectivity index (χ3v) is 3.61. The summed E-state index contributed by atoms with van der Waals surface area (Å²) in [5, 5.41) is 3.64. The fraction of sp³-hybridized carbons (Fsp3) is 0.176. The zero-order valence-corrected chi connectivity index (χ0v) is 14.4. The van der Waals surface area contributed by atoms with Crippen molar-refractivity contribution in [2.45, 2.75) is 6.54 Å². The number of benzene rings is 2. The van der Waals surface area contributed by atoms with Crippen LogP contribution in [0.4, 0.5) is 0 Å². The van der Waals surface area contributed by atoms with Gasteiger partial charge in [0.25, 0.3) is 5.91 Å². The molecule has 0 aliphatic carbocycles. The van der Waals surface area contributed by atoms with Gasteiger partial charge in [0.2, 0.25) is 0 Å². The standard InChI is InChI=1S/C17H15Cl2NO4/c1-23-15-7-6-13(19)8-14(15)17(22)24-10-16(21)20-9-11-2-4-12(18)5-3-11/h2-8H,9-10H2,1H3,(H,20,21). The average Bonchev–Trinajstić information content (AvgIpc) is 2.59. The number of nitrogens with one attached hydrogen (secondary N) is 1. The van der Waals surface area contributed by atoms with Crippen molar-refractivity contribution in [3.8, 4) is 5.75 Å². The van der Waals surface area contributed by atoms with Gasteiger partial charge in [0.1, 0.15) is 11.3 Å². The van der Waals surface area contributed by atoms with Gasteiger partial charge in [0.05, 0.1) is 7.11 Å². The van der Waals surface area contributed by atoms with Crippen molar-refractivity contribution >= 4 is 35.1 Å². The number of hydrogen-bond donors (Lipinski definition) is 1. The molecule has 0 fully saturated rings. The third-order valence-electron chi connectivity index (χ3n) is 3.12. The largest absolute Gasteiger partial charge is 0.496 e. The maximum Gasteiger partial charge on any atom is 0.342 e. The molecule has 0 aliphatic rings. The summed E-state index contributed by atoms with van der Waals surface area (Å²) in [6.07, 6.45) is 0. The van der Waals surface area contributed by atoms with E-state index in [1.807, 2.05) is 0 Å².